The maximum Gasteiger partial charge on any atom is 0.405 e. The summed E-state index contributed by atoms with van der Waals surface area (Å²) in [6.07, 6.45) is 6.46. The highest BCUT2D eigenvalue weighted by molar-refractivity contribution is 8.22. The molecule has 3 heterocycles. The first-order valence-corrected chi connectivity index (χ1v) is 17.9. The average Bonchev–Trinajstić information content (AvgIpc) is 3.34. The number of fused-ring (bicyclic) bond motifs is 2. The van der Waals surface area contributed by atoms with Gasteiger partial charge in [-0.2, -0.15) is 0 Å². The number of carboxylic acid groups (broad SMARTS) is 1. The Labute approximate surface area is 262 Å². The number of hydrogen-bond acceptors (Lipinski definition) is 7. The number of nitrogens with one attached hydrogen (secondary N) is 3. The first-order chi connectivity index (χ1) is 20.4. The van der Waals surface area contributed by atoms with Gasteiger partial charge in [0.25, 0.3) is 0 Å². The molecule has 12 heteroatoms. The molecule has 2 bridgehead atoms. The van der Waals surface area contributed by atoms with Crippen LogP contribution in [0.15, 0.2) is 24.3 Å². The van der Waals surface area contributed by atoms with Gasteiger partial charge in [0.15, 0.2) is 0 Å². The standard InChI is InChI=1S/C31H49ClN4O6S/c1-31(2)17-22(14-15-42-31)27(21-8-11-23(32)12-9-21)28(35-30(38)39)29(37)34-26-7-3-5-20(26)10-13-25-18-33-24-6-4-16-43(40,41)36(25)19-24/h8-9,11-12,20,22,24-28,33,35,40-41H,3-7,10,13-19H2,1-2H3,(H,34,37)(H,38,39)/t20-,22?,24?,25?,26-,27+,28-/m1/s1. The molecule has 1 aromatic rings. The summed E-state index contributed by atoms with van der Waals surface area (Å²) in [6, 6.07) is 6.69. The number of benzene rings is 1. The molecule has 4 unspecified atom stereocenters. The lowest BCUT2D eigenvalue weighted by molar-refractivity contribution is -0.126. The minimum Gasteiger partial charge on any atom is -0.465 e. The number of ether oxygens (including phenoxy) is 1. The van der Waals surface area contributed by atoms with E-state index in [2.05, 4.69) is 16.0 Å². The topological polar surface area (TPSA) is 143 Å². The van der Waals surface area contributed by atoms with Crippen molar-refractivity contribution in [2.45, 2.75) is 107 Å². The van der Waals surface area contributed by atoms with E-state index in [1.54, 1.807) is 12.1 Å². The summed E-state index contributed by atoms with van der Waals surface area (Å²) < 4.78 is 29.6. The van der Waals surface area contributed by atoms with Crippen LogP contribution in [0, 0.1) is 11.8 Å². The molecular weight excluding hydrogens is 592 g/mol. The maximum absolute atomic E-state index is 14.1. The van der Waals surface area contributed by atoms with Crippen LogP contribution in [0.2, 0.25) is 5.02 Å². The third-order valence-electron chi connectivity index (χ3n) is 10.1. The van der Waals surface area contributed by atoms with Crippen molar-refractivity contribution in [1.29, 1.82) is 0 Å². The third kappa shape index (κ3) is 8.17. The number of carbonyl (C=O) groups excluding carboxylic acids is 1. The number of amides is 2. The van der Waals surface area contributed by atoms with Gasteiger partial charge in [-0.25, -0.2) is 9.10 Å². The van der Waals surface area contributed by atoms with E-state index in [0.717, 1.165) is 63.5 Å². The molecule has 0 spiro atoms. The van der Waals surface area contributed by atoms with E-state index in [1.807, 2.05) is 30.3 Å². The minimum absolute atomic E-state index is 0.0304. The molecule has 1 aromatic carbocycles. The normalized spacial score (nSPS) is 33.9. The van der Waals surface area contributed by atoms with Gasteiger partial charge in [0.2, 0.25) is 5.91 Å². The van der Waals surface area contributed by atoms with Crippen molar-refractivity contribution in [2.75, 3.05) is 25.4 Å². The van der Waals surface area contributed by atoms with E-state index in [4.69, 9.17) is 16.3 Å². The van der Waals surface area contributed by atoms with Crippen molar-refractivity contribution in [3.05, 3.63) is 34.9 Å². The van der Waals surface area contributed by atoms with Crippen molar-refractivity contribution >= 4 is 34.4 Å². The average molecular weight is 641 g/mol. The molecule has 3 saturated heterocycles. The fraction of sp³-hybridized carbons (Fsp3) is 0.742. The second-order valence-corrected chi connectivity index (χ2v) is 16.2. The number of nitrogens with zero attached hydrogens (tertiary/aromatic N) is 1. The number of halogens is 1. The predicted molar refractivity (Wildman–Crippen MR) is 170 cm³/mol. The molecule has 5 rings (SSSR count). The summed E-state index contributed by atoms with van der Waals surface area (Å²) >= 11 is 6.20. The Morgan fingerprint density at radius 2 is 1.91 bits per heavy atom. The zero-order valence-corrected chi connectivity index (χ0v) is 26.9. The highest BCUT2D eigenvalue weighted by Crippen LogP contribution is 2.49. The summed E-state index contributed by atoms with van der Waals surface area (Å²) in [6.45, 7) is 6.02. The molecule has 10 nitrogen and oxygen atoms in total. The van der Waals surface area contributed by atoms with Crippen LogP contribution in [0.25, 0.3) is 0 Å². The van der Waals surface area contributed by atoms with E-state index >= 15 is 0 Å². The third-order valence-corrected chi connectivity index (χ3v) is 12.4. The minimum atomic E-state index is -2.76. The smallest absolute Gasteiger partial charge is 0.405 e. The fourth-order valence-electron chi connectivity index (χ4n) is 7.98. The van der Waals surface area contributed by atoms with Gasteiger partial charge in [0, 0.05) is 48.8 Å². The monoisotopic (exact) mass is 640 g/mol. The molecule has 1 saturated carbocycles. The molecule has 3 aliphatic heterocycles. The van der Waals surface area contributed by atoms with Crippen molar-refractivity contribution in [3.63, 3.8) is 0 Å². The van der Waals surface area contributed by atoms with Crippen LogP contribution in [0.4, 0.5) is 4.79 Å². The highest BCUT2D eigenvalue weighted by atomic mass is 35.5. The second-order valence-electron chi connectivity index (χ2n) is 13.6. The van der Waals surface area contributed by atoms with E-state index in [-0.39, 0.29) is 41.3 Å². The van der Waals surface area contributed by atoms with Gasteiger partial charge in [0.1, 0.15) is 6.04 Å². The predicted octanol–water partition coefficient (Wildman–Crippen LogP) is 5.43. The molecule has 0 aromatic heterocycles. The lowest BCUT2D eigenvalue weighted by Crippen LogP contribution is -2.56. The molecule has 43 heavy (non-hydrogen) atoms. The Bertz CT molecular complexity index is 1120. The maximum atomic E-state index is 14.1. The zero-order chi connectivity index (χ0) is 30.8. The fourth-order valence-corrected chi connectivity index (χ4v) is 9.97. The Kier molecular flexibility index (Phi) is 10.5. The van der Waals surface area contributed by atoms with Gasteiger partial charge in [-0.1, -0.05) is 30.2 Å². The molecule has 2 amide bonds. The largest absolute Gasteiger partial charge is 0.465 e. The van der Waals surface area contributed by atoms with Crippen LogP contribution in [0.5, 0.6) is 0 Å². The lowest BCUT2D eigenvalue weighted by atomic mass is 9.73. The molecular formula is C31H49ClN4O6S. The van der Waals surface area contributed by atoms with Crippen molar-refractivity contribution in [2.24, 2.45) is 11.8 Å². The number of hydrogen-bond donors (Lipinski definition) is 6. The van der Waals surface area contributed by atoms with E-state index in [9.17, 15) is 23.8 Å². The lowest BCUT2D eigenvalue weighted by Gasteiger charge is -2.49. The van der Waals surface area contributed by atoms with Crippen LogP contribution >= 0.6 is 22.4 Å². The SMILES string of the molecule is CC1(C)CC([C@H](c2ccc(Cl)cc2)[C@@H](NC(=O)O)C(=O)N[C@@H]2CCC[C@@H]2CCC2CNC3CCCS(O)(O)N2C3)CCO1. The Balaban J connectivity index is 1.30. The van der Waals surface area contributed by atoms with E-state index < -0.39 is 22.9 Å². The van der Waals surface area contributed by atoms with Crippen LogP contribution in [0.1, 0.15) is 83.1 Å². The molecule has 242 valence electrons. The summed E-state index contributed by atoms with van der Waals surface area (Å²) in [7, 11) is -2.76. The highest BCUT2D eigenvalue weighted by Gasteiger charge is 2.43. The Hall–Kier alpha value is -1.60. The van der Waals surface area contributed by atoms with E-state index in [0.29, 0.717) is 36.4 Å². The van der Waals surface area contributed by atoms with Crippen LogP contribution in [0.3, 0.4) is 0 Å². The quantitative estimate of drug-likeness (QED) is 0.210. The van der Waals surface area contributed by atoms with Crippen LogP contribution < -0.4 is 16.0 Å². The van der Waals surface area contributed by atoms with Crippen molar-refractivity contribution in [3.8, 4) is 0 Å². The molecule has 0 radical (unpaired) electrons. The van der Waals surface area contributed by atoms with Crippen LogP contribution in [-0.4, -0.2) is 85.7 Å². The van der Waals surface area contributed by atoms with Gasteiger partial charge in [-0.15, -0.1) is 10.8 Å². The number of piperazine rings is 1. The van der Waals surface area contributed by atoms with Gasteiger partial charge in [0.05, 0.1) is 11.4 Å². The molecule has 4 aliphatic rings. The Morgan fingerprint density at radius 1 is 1.14 bits per heavy atom. The molecule has 8 atom stereocenters. The van der Waals surface area contributed by atoms with Gasteiger partial charge in [-0.3, -0.25) is 13.9 Å². The first kappa shape index (κ1) is 32.8. The summed E-state index contributed by atoms with van der Waals surface area (Å²) in [5, 5.41) is 19.9. The molecule has 1 aliphatic carbocycles. The van der Waals surface area contributed by atoms with Gasteiger partial charge >= 0.3 is 6.09 Å². The Morgan fingerprint density at radius 3 is 2.63 bits per heavy atom. The zero-order valence-electron chi connectivity index (χ0n) is 25.3. The van der Waals surface area contributed by atoms with Gasteiger partial charge in [-0.05, 0) is 94.7 Å². The van der Waals surface area contributed by atoms with Crippen molar-refractivity contribution in [1.82, 2.24) is 20.3 Å². The second kappa shape index (κ2) is 13.8. The summed E-state index contributed by atoms with van der Waals surface area (Å²) in [4.78, 5) is 26.1. The molecule has 6 N–H and O–H groups in total. The number of rotatable bonds is 9. The summed E-state index contributed by atoms with van der Waals surface area (Å²) in [5.41, 5.74) is 0.501. The van der Waals surface area contributed by atoms with Gasteiger partial charge < -0.3 is 25.8 Å². The molecule has 4 fully saturated rings. The van der Waals surface area contributed by atoms with E-state index in [1.165, 1.54) is 0 Å². The number of carbonyl (C=O) groups is 2. The summed E-state index contributed by atoms with van der Waals surface area (Å²) in [5.74, 6) is 0.0269. The van der Waals surface area contributed by atoms with Crippen molar-refractivity contribution < 1.29 is 28.5 Å². The van der Waals surface area contributed by atoms with Crippen LogP contribution in [-0.2, 0) is 9.53 Å². The first-order valence-electron chi connectivity index (χ1n) is 15.9.